The van der Waals surface area contributed by atoms with Gasteiger partial charge in [-0.15, -0.1) is 0 Å². The molecule has 19 heteroatoms. The molecule has 2 amide bonds. The number of aromatic amines is 1. The number of nitrogens with zero attached hydrogens (tertiary/aromatic N) is 5. The van der Waals surface area contributed by atoms with E-state index < -0.39 is 53.3 Å². The zero-order chi connectivity index (χ0) is 51.6. The summed E-state index contributed by atoms with van der Waals surface area (Å²) in [4.78, 5) is 72.9. The average molecular weight is 993 g/mol. The number of aryl methyl sites for hydroxylation is 1. The van der Waals surface area contributed by atoms with Crippen LogP contribution in [0.15, 0.2) is 82.4 Å². The van der Waals surface area contributed by atoms with Crippen LogP contribution in [-0.2, 0) is 63.9 Å². The molecule has 0 saturated carbocycles. The summed E-state index contributed by atoms with van der Waals surface area (Å²) in [6.45, 7) is 7.71. The van der Waals surface area contributed by atoms with Crippen LogP contribution in [0.2, 0.25) is 0 Å². The van der Waals surface area contributed by atoms with Gasteiger partial charge in [-0.2, -0.15) is 5.10 Å². The number of ether oxygens (including phenoxy) is 2. The highest BCUT2D eigenvalue weighted by atomic mass is 19.1. The van der Waals surface area contributed by atoms with Gasteiger partial charge in [-0.3, -0.25) is 14.5 Å². The summed E-state index contributed by atoms with van der Waals surface area (Å²) < 4.78 is 28.8. The van der Waals surface area contributed by atoms with E-state index in [9.17, 15) is 39.3 Å². The van der Waals surface area contributed by atoms with Crippen molar-refractivity contribution in [3.8, 4) is 40.0 Å². The van der Waals surface area contributed by atoms with E-state index in [1.54, 1.807) is 38.1 Å². The number of nitrogens with one attached hydrogen (secondary N) is 3. The lowest BCUT2D eigenvalue weighted by Gasteiger charge is -2.31. The van der Waals surface area contributed by atoms with Crippen molar-refractivity contribution in [1.82, 2.24) is 39.8 Å². The number of aromatic hydroxyl groups is 2. The van der Waals surface area contributed by atoms with Gasteiger partial charge in [0.25, 0.3) is 11.5 Å². The van der Waals surface area contributed by atoms with E-state index in [2.05, 4.69) is 25.7 Å². The number of fused-ring (bicyclic) bond motifs is 5. The van der Waals surface area contributed by atoms with Gasteiger partial charge in [0.05, 0.1) is 46.3 Å². The van der Waals surface area contributed by atoms with Gasteiger partial charge in [-0.1, -0.05) is 57.2 Å². The number of hydrogen-bond donors (Lipinski definition) is 6. The number of amides is 2. The summed E-state index contributed by atoms with van der Waals surface area (Å²) in [5.41, 5.74) is 5.30. The highest BCUT2D eigenvalue weighted by Crippen LogP contribution is 2.46. The number of carbonyl (C=O) groups is 3. The first kappa shape index (κ1) is 48.5. The minimum absolute atomic E-state index is 0.0261. The van der Waals surface area contributed by atoms with Crippen LogP contribution in [0.4, 0.5) is 9.18 Å². The average Bonchev–Trinajstić information content (AvgIpc) is 3.94. The molecule has 5 heterocycles. The lowest BCUT2D eigenvalue weighted by atomic mass is 9.81. The SMILES string of the molecule is CC[C@@]1(O)C(=O)OCc2c1cc1n(c2=O)Cc2c-1nc1cc(F)c(C)c3c1c2[C@@H](NC(=O)COC(=O)NCc1ccc(CN(C)Cc2ccc(-n4c(-c5cc(C(C)C)c(O)cc5O)n[nH]c4=O)cc2)cc1)CC3. The van der Waals surface area contributed by atoms with E-state index in [0.717, 1.165) is 22.3 Å². The van der Waals surface area contributed by atoms with Crippen LogP contribution < -0.4 is 21.9 Å². The molecule has 0 fully saturated rings. The van der Waals surface area contributed by atoms with Gasteiger partial charge >= 0.3 is 17.8 Å². The quantitative estimate of drug-likeness (QED) is 0.0700. The van der Waals surface area contributed by atoms with Crippen LogP contribution in [0.1, 0.15) is 101 Å². The number of alkyl carbamates (subject to hydrolysis) is 1. The van der Waals surface area contributed by atoms with E-state index in [4.69, 9.17) is 14.5 Å². The van der Waals surface area contributed by atoms with Crippen molar-refractivity contribution >= 4 is 28.9 Å². The molecule has 0 bridgehead atoms. The highest BCUT2D eigenvalue weighted by molar-refractivity contribution is 5.94. The van der Waals surface area contributed by atoms with Gasteiger partial charge in [0, 0.05) is 48.3 Å². The molecule has 4 aromatic carbocycles. The van der Waals surface area contributed by atoms with Crippen molar-refractivity contribution in [1.29, 1.82) is 0 Å². The maximum atomic E-state index is 15.4. The number of esters is 1. The Kier molecular flexibility index (Phi) is 12.5. The third-order valence-electron chi connectivity index (χ3n) is 14.3. The fourth-order valence-corrected chi connectivity index (χ4v) is 10.4. The van der Waals surface area contributed by atoms with Crippen molar-refractivity contribution < 1.29 is 43.6 Å². The molecule has 3 aliphatic rings. The van der Waals surface area contributed by atoms with Crippen molar-refractivity contribution in [2.75, 3.05) is 13.7 Å². The Morgan fingerprint density at radius 2 is 1.67 bits per heavy atom. The van der Waals surface area contributed by atoms with Crippen LogP contribution in [0, 0.1) is 12.7 Å². The second kappa shape index (κ2) is 18.8. The second-order valence-electron chi connectivity index (χ2n) is 19.3. The molecular formula is C54H53FN8O10. The van der Waals surface area contributed by atoms with Gasteiger partial charge in [-0.05, 0) is 102 Å². The van der Waals surface area contributed by atoms with Crippen molar-refractivity contribution in [3.63, 3.8) is 0 Å². The Morgan fingerprint density at radius 1 is 0.973 bits per heavy atom. The summed E-state index contributed by atoms with van der Waals surface area (Å²) >= 11 is 0. The van der Waals surface area contributed by atoms with Crippen LogP contribution in [0.5, 0.6) is 11.5 Å². The molecule has 1 aliphatic carbocycles. The first-order chi connectivity index (χ1) is 34.9. The number of halogens is 1. The molecule has 3 aromatic heterocycles. The number of phenols is 2. The smallest absolute Gasteiger partial charge is 0.407 e. The predicted molar refractivity (Wildman–Crippen MR) is 265 cm³/mol. The highest BCUT2D eigenvalue weighted by Gasteiger charge is 2.46. The van der Waals surface area contributed by atoms with Crippen LogP contribution >= 0.6 is 0 Å². The summed E-state index contributed by atoms with van der Waals surface area (Å²) in [6, 6.07) is 20.4. The molecule has 0 radical (unpaired) electrons. The largest absolute Gasteiger partial charge is 0.508 e. The minimum Gasteiger partial charge on any atom is -0.508 e. The normalized spacial score (nSPS) is 16.6. The number of aliphatic hydroxyl groups is 1. The zero-order valence-corrected chi connectivity index (χ0v) is 40.8. The van der Waals surface area contributed by atoms with Crippen molar-refractivity contribution in [2.24, 2.45) is 0 Å². The van der Waals surface area contributed by atoms with E-state index in [0.29, 0.717) is 81.7 Å². The molecule has 10 rings (SSSR count). The molecule has 0 unspecified atom stereocenters. The van der Waals surface area contributed by atoms with Crippen LogP contribution in [0.25, 0.3) is 39.4 Å². The molecule has 0 saturated heterocycles. The monoisotopic (exact) mass is 992 g/mol. The summed E-state index contributed by atoms with van der Waals surface area (Å²) in [5, 5.41) is 45.4. The summed E-state index contributed by atoms with van der Waals surface area (Å²) in [6.07, 6.45) is 0.00987. The molecule has 73 heavy (non-hydrogen) atoms. The number of phenolic OH excluding ortho intramolecular Hbond substituents is 2. The molecular weight excluding hydrogens is 940 g/mol. The van der Waals surface area contributed by atoms with Gasteiger partial charge in [-0.25, -0.2) is 33.4 Å². The van der Waals surface area contributed by atoms with Gasteiger partial charge in [0.1, 0.15) is 23.9 Å². The lowest BCUT2D eigenvalue weighted by molar-refractivity contribution is -0.172. The fraction of sp³-hybridized carbons (Fsp3) is 0.315. The molecule has 2 atom stereocenters. The molecule has 2 aliphatic heterocycles. The number of benzene rings is 4. The van der Waals surface area contributed by atoms with Gasteiger partial charge in [0.15, 0.2) is 18.0 Å². The van der Waals surface area contributed by atoms with Crippen LogP contribution in [0.3, 0.4) is 0 Å². The third-order valence-corrected chi connectivity index (χ3v) is 14.3. The number of carbonyl (C=O) groups excluding carboxylic acids is 3. The number of hydrogen-bond acceptors (Lipinski definition) is 13. The predicted octanol–water partition coefficient (Wildman–Crippen LogP) is 6.26. The zero-order valence-electron chi connectivity index (χ0n) is 40.8. The first-order valence-corrected chi connectivity index (χ1v) is 24.0. The maximum absolute atomic E-state index is 15.4. The van der Waals surface area contributed by atoms with E-state index in [1.807, 2.05) is 57.3 Å². The number of H-pyrrole nitrogens is 1. The third kappa shape index (κ3) is 8.67. The van der Waals surface area contributed by atoms with Crippen LogP contribution in [-0.4, -0.2) is 76.2 Å². The fourth-order valence-electron chi connectivity index (χ4n) is 10.4. The van der Waals surface area contributed by atoms with E-state index in [1.165, 1.54) is 21.3 Å². The molecule has 7 aromatic rings. The molecule has 0 spiro atoms. The number of aromatic nitrogens is 5. The second-order valence-corrected chi connectivity index (χ2v) is 19.3. The Morgan fingerprint density at radius 3 is 2.37 bits per heavy atom. The Balaban J connectivity index is 0.751. The van der Waals surface area contributed by atoms with E-state index in [-0.39, 0.29) is 60.5 Å². The van der Waals surface area contributed by atoms with E-state index >= 15 is 4.39 Å². The topological polar surface area (TPSA) is 243 Å². The summed E-state index contributed by atoms with van der Waals surface area (Å²) in [5.74, 6) is -1.91. The minimum atomic E-state index is -2.03. The Hall–Kier alpha value is -8.16. The Bertz CT molecular complexity index is 3530. The molecule has 376 valence electrons. The first-order valence-electron chi connectivity index (χ1n) is 24.0. The number of pyridine rings is 2. The summed E-state index contributed by atoms with van der Waals surface area (Å²) in [7, 11) is 1.98. The standard InChI is InChI=1S/C54H53FN8O10/c1-6-54(71)38-18-42-48-36(24-62(42)50(67)37(38)25-72-51(54)68)47-40(16-15-33-28(4)39(55)19-41(58-48)46(33)47)57-45(66)26-73-53(70)56-21-29-7-9-30(10-8-29)22-61(5)23-31-11-13-32(14-12-31)63-49(59-60-52(63)69)35-17-34(27(2)3)43(64)20-44(35)65/h7-14,17-20,27,40,64-65,71H,6,15-16,21-26H2,1-5H3,(H,56,70)(H,57,66)(H,60,69)/t40-,54-/m0/s1. The number of rotatable bonds is 13. The molecule has 18 nitrogen and oxygen atoms in total. The Labute approximate surface area is 417 Å². The van der Waals surface area contributed by atoms with Crippen molar-refractivity contribution in [3.05, 3.63) is 155 Å². The lowest BCUT2D eigenvalue weighted by Crippen LogP contribution is -2.44. The van der Waals surface area contributed by atoms with Gasteiger partial charge in [0.2, 0.25) is 0 Å². The molecule has 6 N–H and O–H groups in total. The van der Waals surface area contributed by atoms with Crippen molar-refractivity contribution in [2.45, 2.75) is 97.3 Å². The maximum Gasteiger partial charge on any atom is 0.407 e. The number of cyclic esters (lactones) is 1. The van der Waals surface area contributed by atoms with Gasteiger partial charge < -0.3 is 40.0 Å².